The second-order valence-corrected chi connectivity index (χ2v) is 1.48. The molecule has 0 heterocycles. The minimum absolute atomic E-state index is 0.243. The highest BCUT2D eigenvalue weighted by molar-refractivity contribution is 5.98. The van der Waals surface area contributed by atoms with Gasteiger partial charge in [-0.15, -0.1) is 0 Å². The highest BCUT2D eigenvalue weighted by Gasteiger charge is 2.04. The molecule has 4 N–H and O–H groups in total. The molecule has 0 aromatic rings. The van der Waals surface area contributed by atoms with Gasteiger partial charge in [-0.2, -0.15) is 0 Å². The Morgan fingerprint density at radius 1 is 1.40 bits per heavy atom. The SMILES string of the molecule is CO/C(=C/C(N)=O)C(N)=O. The lowest BCUT2D eigenvalue weighted by atomic mass is 10.4. The van der Waals surface area contributed by atoms with E-state index in [1.807, 2.05) is 0 Å². The van der Waals surface area contributed by atoms with Gasteiger partial charge >= 0.3 is 0 Å². The lowest BCUT2D eigenvalue weighted by molar-refractivity contribution is -0.119. The van der Waals surface area contributed by atoms with Crippen molar-refractivity contribution in [1.29, 1.82) is 0 Å². The molecule has 0 rings (SSSR count). The molecule has 0 aromatic carbocycles. The first kappa shape index (κ1) is 8.48. The van der Waals surface area contributed by atoms with Crippen molar-refractivity contribution in [3.63, 3.8) is 0 Å². The molecule has 0 bridgehead atoms. The molecule has 0 aliphatic heterocycles. The second-order valence-electron chi connectivity index (χ2n) is 1.48. The van der Waals surface area contributed by atoms with Gasteiger partial charge < -0.3 is 16.2 Å². The Bertz CT molecular complexity index is 185. The molecule has 56 valence electrons. The van der Waals surface area contributed by atoms with Crippen LogP contribution >= 0.6 is 0 Å². The second kappa shape index (κ2) is 3.49. The van der Waals surface area contributed by atoms with Crippen LogP contribution in [-0.2, 0) is 14.3 Å². The van der Waals surface area contributed by atoms with Crippen molar-refractivity contribution >= 4 is 11.8 Å². The number of hydrogen-bond donors (Lipinski definition) is 2. The lowest BCUT2D eigenvalue weighted by Crippen LogP contribution is -2.18. The van der Waals surface area contributed by atoms with Crippen molar-refractivity contribution in [3.8, 4) is 0 Å². The van der Waals surface area contributed by atoms with Crippen LogP contribution in [-0.4, -0.2) is 18.9 Å². The van der Waals surface area contributed by atoms with Crippen molar-refractivity contribution in [1.82, 2.24) is 0 Å². The summed E-state index contributed by atoms with van der Waals surface area (Å²) in [6.45, 7) is 0. The third kappa shape index (κ3) is 2.71. The molecule has 0 aromatic heterocycles. The van der Waals surface area contributed by atoms with Gasteiger partial charge in [-0.1, -0.05) is 0 Å². The normalized spacial score (nSPS) is 10.7. The predicted molar refractivity (Wildman–Crippen MR) is 33.5 cm³/mol. The maximum atomic E-state index is 10.3. The number of carbonyl (C=O) groups is 2. The fourth-order valence-electron chi connectivity index (χ4n) is 0.360. The third-order valence-corrected chi connectivity index (χ3v) is 0.736. The molecule has 0 aliphatic carbocycles. The van der Waals surface area contributed by atoms with E-state index in [1.54, 1.807) is 0 Å². The van der Waals surface area contributed by atoms with Crippen LogP contribution in [0.15, 0.2) is 11.8 Å². The summed E-state index contributed by atoms with van der Waals surface area (Å²) in [7, 11) is 1.22. The molecule has 0 spiro atoms. The number of methoxy groups -OCH3 is 1. The van der Waals surface area contributed by atoms with E-state index in [9.17, 15) is 9.59 Å². The number of carbonyl (C=O) groups excluding carboxylic acids is 2. The summed E-state index contributed by atoms with van der Waals surface area (Å²) >= 11 is 0. The zero-order chi connectivity index (χ0) is 8.15. The monoisotopic (exact) mass is 144 g/mol. The van der Waals surface area contributed by atoms with Crippen LogP contribution in [0.4, 0.5) is 0 Å². The van der Waals surface area contributed by atoms with E-state index >= 15 is 0 Å². The van der Waals surface area contributed by atoms with Gasteiger partial charge in [0.1, 0.15) is 0 Å². The van der Waals surface area contributed by atoms with Crippen LogP contribution in [0.1, 0.15) is 0 Å². The first-order valence-electron chi connectivity index (χ1n) is 2.43. The van der Waals surface area contributed by atoms with E-state index in [2.05, 4.69) is 4.74 Å². The molecule has 10 heavy (non-hydrogen) atoms. The molecule has 0 fully saturated rings. The number of rotatable bonds is 3. The van der Waals surface area contributed by atoms with E-state index in [-0.39, 0.29) is 5.76 Å². The van der Waals surface area contributed by atoms with Crippen molar-refractivity contribution in [3.05, 3.63) is 11.8 Å². The Kier molecular flexibility index (Phi) is 2.96. The molecule has 0 atom stereocenters. The number of hydrogen-bond acceptors (Lipinski definition) is 3. The summed E-state index contributed by atoms with van der Waals surface area (Å²) in [5.41, 5.74) is 9.46. The van der Waals surface area contributed by atoms with Crippen LogP contribution in [0, 0.1) is 0 Å². The van der Waals surface area contributed by atoms with Crippen molar-refractivity contribution in [2.24, 2.45) is 11.5 Å². The fourth-order valence-corrected chi connectivity index (χ4v) is 0.360. The van der Waals surface area contributed by atoms with Crippen LogP contribution in [0.5, 0.6) is 0 Å². The quantitative estimate of drug-likeness (QED) is 0.372. The first-order valence-corrected chi connectivity index (χ1v) is 2.43. The minimum Gasteiger partial charge on any atom is -0.491 e. The van der Waals surface area contributed by atoms with E-state index in [0.29, 0.717) is 0 Å². The van der Waals surface area contributed by atoms with Crippen LogP contribution in [0.2, 0.25) is 0 Å². The van der Waals surface area contributed by atoms with Gasteiger partial charge in [-0.3, -0.25) is 9.59 Å². The molecule has 0 radical (unpaired) electrons. The zero-order valence-corrected chi connectivity index (χ0v) is 5.46. The predicted octanol–water partition coefficient (Wildman–Crippen LogP) is -1.51. The topological polar surface area (TPSA) is 95.4 Å². The Hall–Kier alpha value is -1.52. The maximum absolute atomic E-state index is 10.3. The van der Waals surface area contributed by atoms with Crippen LogP contribution in [0.25, 0.3) is 0 Å². The van der Waals surface area contributed by atoms with E-state index in [0.717, 1.165) is 6.08 Å². The highest BCUT2D eigenvalue weighted by atomic mass is 16.5. The number of primary amides is 2. The average Bonchev–Trinajstić information content (AvgIpc) is 1.81. The number of nitrogens with two attached hydrogens (primary N) is 2. The van der Waals surface area contributed by atoms with Crippen molar-refractivity contribution in [2.75, 3.05) is 7.11 Å². The summed E-state index contributed by atoms with van der Waals surface area (Å²) in [5.74, 6) is -1.83. The fraction of sp³-hybridized carbons (Fsp3) is 0.200. The van der Waals surface area contributed by atoms with Gasteiger partial charge in [0.15, 0.2) is 5.76 Å². The molecule has 0 unspecified atom stereocenters. The molecular formula is C5H8N2O3. The summed E-state index contributed by atoms with van der Waals surface area (Å²) in [6.07, 6.45) is 0.822. The van der Waals surface area contributed by atoms with E-state index in [1.165, 1.54) is 7.11 Å². The van der Waals surface area contributed by atoms with Gasteiger partial charge in [0.05, 0.1) is 13.2 Å². The van der Waals surface area contributed by atoms with Crippen LogP contribution < -0.4 is 11.5 Å². The molecule has 0 saturated carbocycles. The Labute approximate surface area is 57.6 Å². The van der Waals surface area contributed by atoms with Gasteiger partial charge in [0.25, 0.3) is 5.91 Å². The van der Waals surface area contributed by atoms with Crippen LogP contribution in [0.3, 0.4) is 0 Å². The first-order chi connectivity index (χ1) is 4.57. The van der Waals surface area contributed by atoms with Gasteiger partial charge in [-0.05, 0) is 0 Å². The van der Waals surface area contributed by atoms with Gasteiger partial charge in [0, 0.05) is 0 Å². The summed E-state index contributed by atoms with van der Waals surface area (Å²) in [5, 5.41) is 0. The summed E-state index contributed by atoms with van der Waals surface area (Å²) in [4.78, 5) is 20.4. The largest absolute Gasteiger partial charge is 0.491 e. The maximum Gasteiger partial charge on any atom is 0.283 e. The third-order valence-electron chi connectivity index (χ3n) is 0.736. The number of amides is 2. The number of ether oxygens (including phenoxy) is 1. The van der Waals surface area contributed by atoms with Crippen molar-refractivity contribution in [2.45, 2.75) is 0 Å². The Morgan fingerprint density at radius 3 is 2.00 bits per heavy atom. The smallest absolute Gasteiger partial charge is 0.283 e. The zero-order valence-electron chi connectivity index (χ0n) is 5.46. The van der Waals surface area contributed by atoms with E-state index in [4.69, 9.17) is 11.5 Å². The average molecular weight is 144 g/mol. The molecule has 2 amide bonds. The van der Waals surface area contributed by atoms with E-state index < -0.39 is 11.8 Å². The summed E-state index contributed by atoms with van der Waals surface area (Å²) in [6, 6.07) is 0. The standard InChI is InChI=1S/C5H8N2O3/c1-10-3(5(7)9)2-4(6)8/h2H,1H3,(H2,6,8)(H2,7,9)/b3-2+. The molecular weight excluding hydrogens is 136 g/mol. The van der Waals surface area contributed by atoms with Gasteiger partial charge in [0.2, 0.25) is 5.91 Å². The Balaban J connectivity index is 4.34. The lowest BCUT2D eigenvalue weighted by Gasteiger charge is -1.97. The highest BCUT2D eigenvalue weighted by Crippen LogP contribution is 1.90. The Morgan fingerprint density at radius 2 is 1.90 bits per heavy atom. The molecule has 5 heteroatoms. The minimum atomic E-state index is -0.818. The molecule has 0 aliphatic rings. The van der Waals surface area contributed by atoms with Crippen molar-refractivity contribution < 1.29 is 14.3 Å². The van der Waals surface area contributed by atoms with Gasteiger partial charge in [-0.25, -0.2) is 0 Å². The molecule has 0 saturated heterocycles. The summed E-state index contributed by atoms with van der Waals surface area (Å²) < 4.78 is 4.41. The molecule has 5 nitrogen and oxygen atoms in total.